The third-order valence-corrected chi connectivity index (χ3v) is 8.27. The molecule has 7 nitrogen and oxygen atoms in total. The van der Waals surface area contributed by atoms with Gasteiger partial charge in [-0.15, -0.1) is 11.3 Å². The highest BCUT2D eigenvalue weighted by Gasteiger charge is 2.37. The second kappa shape index (κ2) is 10.7. The summed E-state index contributed by atoms with van der Waals surface area (Å²) < 4.78 is 0. The molecule has 0 aromatic carbocycles. The molecular weight excluding hydrogens is 438 g/mol. The Balaban J connectivity index is 1.93. The van der Waals surface area contributed by atoms with E-state index in [-0.39, 0.29) is 34.8 Å². The highest BCUT2D eigenvalue weighted by Crippen LogP contribution is 2.41. The number of oxime groups is 1. The lowest BCUT2D eigenvalue weighted by atomic mass is 9.81. The molecule has 0 aliphatic heterocycles. The van der Waals surface area contributed by atoms with Crippen LogP contribution in [0, 0.1) is 23.2 Å². The van der Waals surface area contributed by atoms with Crippen LogP contribution in [0.25, 0.3) is 0 Å². The van der Waals surface area contributed by atoms with Crippen molar-refractivity contribution >= 4 is 34.6 Å². The number of nitriles is 1. The molecular formula is C25H35N3O4S. The molecule has 2 aliphatic rings. The maximum absolute atomic E-state index is 13.9. The minimum absolute atomic E-state index is 0.0603. The average molecular weight is 474 g/mol. The predicted octanol–water partition coefficient (Wildman–Crippen LogP) is 5.74. The summed E-state index contributed by atoms with van der Waals surface area (Å²) in [5, 5.41) is 22.7. The Bertz CT molecular complexity index is 922. The summed E-state index contributed by atoms with van der Waals surface area (Å²) in [6, 6.07) is 3.76. The molecule has 0 saturated heterocycles. The third-order valence-electron chi connectivity index (χ3n) is 6.73. The normalized spacial score (nSPS) is 23.5. The van der Waals surface area contributed by atoms with Crippen molar-refractivity contribution < 1.29 is 19.5 Å². The van der Waals surface area contributed by atoms with Crippen molar-refractivity contribution in [2.24, 2.45) is 17.0 Å². The second-order valence-corrected chi connectivity index (χ2v) is 11.4. The number of carbonyl (C=O) groups is 2. The Labute approximate surface area is 200 Å². The van der Waals surface area contributed by atoms with Crippen LogP contribution in [0.15, 0.2) is 11.2 Å². The number of hydrogen-bond donors (Lipinski definition) is 1. The van der Waals surface area contributed by atoms with Crippen LogP contribution in [0.4, 0.5) is 5.69 Å². The molecule has 1 aromatic heterocycles. The van der Waals surface area contributed by atoms with Gasteiger partial charge in [-0.05, 0) is 68.8 Å². The average Bonchev–Trinajstić information content (AvgIpc) is 3.21. The Hall–Kier alpha value is -2.40. The van der Waals surface area contributed by atoms with Crippen molar-refractivity contribution in [1.82, 2.24) is 0 Å². The van der Waals surface area contributed by atoms with E-state index in [1.54, 1.807) is 0 Å². The van der Waals surface area contributed by atoms with Gasteiger partial charge in [-0.3, -0.25) is 4.79 Å². The molecule has 0 bridgehead atoms. The van der Waals surface area contributed by atoms with Gasteiger partial charge in [0.1, 0.15) is 10.9 Å². The van der Waals surface area contributed by atoms with Gasteiger partial charge in [0.2, 0.25) is 12.5 Å². The van der Waals surface area contributed by atoms with Gasteiger partial charge in [0.25, 0.3) is 0 Å². The summed E-state index contributed by atoms with van der Waals surface area (Å²) in [5.74, 6) is -0.347. The molecule has 1 N–H and O–H groups in total. The number of thiophene rings is 1. The number of hydrogen-bond acceptors (Lipinski definition) is 6. The van der Waals surface area contributed by atoms with Crippen molar-refractivity contribution in [3.63, 3.8) is 0 Å². The standard InChI is InChI=1S/C25H35N3O4S/c1-16-5-7-17(8-6-16)23(29)28(19-11-9-18(10-12-19)27-32-14-13-26)20-15-21(25(2,3)4)33-22(20)24(30)31/h15-17,19H,5-12,14H2,1-4H3,(H,30,31)/t16-,17-,19?. The van der Waals surface area contributed by atoms with Crippen LogP contribution in [0.2, 0.25) is 0 Å². The quantitative estimate of drug-likeness (QED) is 0.419. The zero-order valence-electron chi connectivity index (χ0n) is 20.1. The molecule has 1 heterocycles. The molecule has 0 unspecified atom stereocenters. The smallest absolute Gasteiger partial charge is 0.348 e. The maximum Gasteiger partial charge on any atom is 0.348 e. The van der Waals surface area contributed by atoms with E-state index in [2.05, 4.69) is 32.9 Å². The Morgan fingerprint density at radius 2 is 1.85 bits per heavy atom. The zero-order valence-corrected chi connectivity index (χ0v) is 20.9. The van der Waals surface area contributed by atoms with E-state index in [0.29, 0.717) is 37.3 Å². The van der Waals surface area contributed by atoms with Crippen molar-refractivity contribution in [1.29, 1.82) is 5.26 Å². The van der Waals surface area contributed by atoms with Crippen molar-refractivity contribution in [3.05, 3.63) is 15.8 Å². The van der Waals surface area contributed by atoms with Crippen molar-refractivity contribution in [2.45, 2.75) is 90.5 Å². The first-order chi connectivity index (χ1) is 15.6. The zero-order chi connectivity index (χ0) is 24.2. The predicted molar refractivity (Wildman–Crippen MR) is 130 cm³/mol. The number of aromatic carboxylic acids is 1. The van der Waals surface area contributed by atoms with Crippen molar-refractivity contribution in [3.8, 4) is 6.07 Å². The topological polar surface area (TPSA) is 103 Å². The fourth-order valence-corrected chi connectivity index (χ4v) is 5.77. The van der Waals surface area contributed by atoms with E-state index in [1.165, 1.54) is 11.3 Å². The van der Waals surface area contributed by atoms with Gasteiger partial charge in [-0.2, -0.15) is 5.26 Å². The molecule has 0 spiro atoms. The van der Waals surface area contributed by atoms with Gasteiger partial charge in [0, 0.05) is 16.8 Å². The first-order valence-electron chi connectivity index (χ1n) is 11.9. The Morgan fingerprint density at radius 3 is 2.39 bits per heavy atom. The fraction of sp³-hybridized carbons (Fsp3) is 0.680. The van der Waals surface area contributed by atoms with Crippen LogP contribution in [0.1, 0.15) is 93.6 Å². The van der Waals surface area contributed by atoms with Crippen molar-refractivity contribution in [2.75, 3.05) is 11.5 Å². The van der Waals surface area contributed by atoms with E-state index in [0.717, 1.165) is 36.3 Å². The molecule has 1 aromatic rings. The number of rotatable bonds is 6. The molecule has 0 atom stereocenters. The summed E-state index contributed by atoms with van der Waals surface area (Å²) in [5.41, 5.74) is 1.23. The highest BCUT2D eigenvalue weighted by atomic mass is 32.1. The lowest BCUT2D eigenvalue weighted by Crippen LogP contribution is -2.46. The van der Waals surface area contributed by atoms with Gasteiger partial charge in [0.15, 0.2) is 0 Å². The number of anilines is 1. The lowest BCUT2D eigenvalue weighted by Gasteiger charge is -2.38. The number of carboxylic acid groups (broad SMARTS) is 1. The molecule has 8 heteroatoms. The molecule has 2 aliphatic carbocycles. The van der Waals surface area contributed by atoms with E-state index < -0.39 is 5.97 Å². The minimum atomic E-state index is -0.983. The summed E-state index contributed by atoms with van der Waals surface area (Å²) in [6.45, 7) is 8.34. The molecule has 2 saturated carbocycles. The van der Waals surface area contributed by atoms with Crippen LogP contribution in [0.3, 0.4) is 0 Å². The molecule has 2 fully saturated rings. The number of carboxylic acids is 1. The second-order valence-electron chi connectivity index (χ2n) is 10.4. The van der Waals surface area contributed by atoms with Gasteiger partial charge >= 0.3 is 5.97 Å². The third kappa shape index (κ3) is 6.14. The summed E-state index contributed by atoms with van der Waals surface area (Å²) in [4.78, 5) is 34.1. The number of carbonyl (C=O) groups excluding carboxylic acids is 1. The molecule has 0 radical (unpaired) electrons. The van der Waals surface area contributed by atoms with Gasteiger partial charge in [0.05, 0.1) is 11.4 Å². The van der Waals surface area contributed by atoms with Crippen LogP contribution in [-0.2, 0) is 15.0 Å². The van der Waals surface area contributed by atoms with Gasteiger partial charge in [-0.25, -0.2) is 4.79 Å². The van der Waals surface area contributed by atoms with Crippen LogP contribution in [-0.4, -0.2) is 35.3 Å². The van der Waals surface area contributed by atoms with E-state index in [1.807, 2.05) is 17.0 Å². The van der Waals surface area contributed by atoms with E-state index in [4.69, 9.17) is 10.1 Å². The first-order valence-corrected chi connectivity index (χ1v) is 12.7. The highest BCUT2D eigenvalue weighted by molar-refractivity contribution is 7.14. The van der Waals surface area contributed by atoms with Gasteiger partial charge in [-0.1, -0.05) is 32.9 Å². The summed E-state index contributed by atoms with van der Waals surface area (Å²) in [6.07, 6.45) is 6.51. The summed E-state index contributed by atoms with van der Waals surface area (Å²) >= 11 is 1.28. The molecule has 3 rings (SSSR count). The summed E-state index contributed by atoms with van der Waals surface area (Å²) in [7, 11) is 0. The minimum Gasteiger partial charge on any atom is -0.477 e. The van der Waals surface area contributed by atoms with E-state index >= 15 is 0 Å². The largest absolute Gasteiger partial charge is 0.477 e. The number of amides is 1. The van der Waals surface area contributed by atoms with Crippen LogP contribution in [0.5, 0.6) is 0 Å². The van der Waals surface area contributed by atoms with Crippen LogP contribution < -0.4 is 4.90 Å². The molecule has 180 valence electrons. The van der Waals surface area contributed by atoms with Gasteiger partial charge < -0.3 is 14.8 Å². The first kappa shape index (κ1) is 25.2. The molecule has 33 heavy (non-hydrogen) atoms. The lowest BCUT2D eigenvalue weighted by molar-refractivity contribution is -0.124. The van der Waals surface area contributed by atoms with E-state index in [9.17, 15) is 14.7 Å². The molecule has 1 amide bonds. The monoisotopic (exact) mass is 473 g/mol. The SMILES string of the molecule is CC(C)(C)c1cc(N(C(=O)[C@H]2CC[C@H](C)CC2)C2CCC(=NOCC#N)CC2)c(C(=O)O)s1. The van der Waals surface area contributed by atoms with Crippen LogP contribution >= 0.6 is 11.3 Å². The Morgan fingerprint density at radius 1 is 1.21 bits per heavy atom. The fourth-order valence-electron chi connectivity index (χ4n) is 4.72. The number of nitrogens with zero attached hydrogens (tertiary/aromatic N) is 3. The Kier molecular flexibility index (Phi) is 8.17. The maximum atomic E-state index is 13.9.